The fraction of sp³-hybridized carbons (Fsp3) is 0.412. The lowest BCUT2D eigenvalue weighted by Gasteiger charge is -2.26. The monoisotopic (exact) mass is 371 g/mol. The fourth-order valence-corrected chi connectivity index (χ4v) is 5.39. The van der Waals surface area contributed by atoms with Gasteiger partial charge in [0.05, 0.1) is 6.10 Å². The molecule has 0 spiro atoms. The number of hydrogen-bond acceptors (Lipinski definition) is 4. The molecule has 0 aliphatic heterocycles. The number of halogens is 1. The van der Waals surface area contributed by atoms with E-state index in [0.717, 1.165) is 4.88 Å². The van der Waals surface area contributed by atoms with E-state index < -0.39 is 21.9 Å². The Bertz CT molecular complexity index is 769. The van der Waals surface area contributed by atoms with Gasteiger partial charge in [-0.05, 0) is 42.7 Å². The van der Waals surface area contributed by atoms with Gasteiger partial charge in [0.15, 0.2) is 0 Å². The molecule has 1 aromatic carbocycles. The first-order valence-electron chi connectivity index (χ1n) is 7.70. The number of thiophene rings is 1. The number of rotatable bonds is 7. The third kappa shape index (κ3) is 4.63. The summed E-state index contributed by atoms with van der Waals surface area (Å²) in [6.45, 7) is 5.93. The predicted molar refractivity (Wildman–Crippen MR) is 94.0 cm³/mol. The molecule has 0 saturated heterocycles. The van der Waals surface area contributed by atoms with Crippen molar-refractivity contribution in [3.05, 3.63) is 52.7 Å². The molecule has 2 rings (SSSR count). The Balaban J connectivity index is 2.26. The summed E-state index contributed by atoms with van der Waals surface area (Å²) in [7, 11) is -3.67. The summed E-state index contributed by atoms with van der Waals surface area (Å²) in [6.07, 6.45) is -1.01. The van der Waals surface area contributed by atoms with Gasteiger partial charge in [0.2, 0.25) is 0 Å². The summed E-state index contributed by atoms with van der Waals surface area (Å²) in [5.74, 6) is -0.284. The molecule has 0 aliphatic rings. The lowest BCUT2D eigenvalue weighted by atomic mass is 10.1. The van der Waals surface area contributed by atoms with Crippen LogP contribution in [0.2, 0.25) is 0 Å². The standard InChI is InChI=1S/C17H22FNO3S2/c1-12(2)10-19(24(21,22)17-9-4-13(3)23-17)11-16(20)14-5-7-15(18)8-6-14/h4-9,12,16,20H,10-11H2,1-3H3/t16-/m0/s1. The highest BCUT2D eigenvalue weighted by molar-refractivity contribution is 7.91. The number of benzene rings is 1. The van der Waals surface area contributed by atoms with Crippen molar-refractivity contribution in [2.45, 2.75) is 31.1 Å². The molecule has 0 fully saturated rings. The smallest absolute Gasteiger partial charge is 0.252 e. The van der Waals surface area contributed by atoms with Crippen LogP contribution < -0.4 is 0 Å². The Morgan fingerprint density at radius 2 is 1.75 bits per heavy atom. The van der Waals surface area contributed by atoms with E-state index >= 15 is 0 Å². The van der Waals surface area contributed by atoms with Crippen LogP contribution in [0.1, 0.15) is 30.4 Å². The molecular weight excluding hydrogens is 349 g/mol. The van der Waals surface area contributed by atoms with Crippen molar-refractivity contribution in [3.63, 3.8) is 0 Å². The number of aliphatic hydroxyl groups is 1. The van der Waals surface area contributed by atoms with Crippen LogP contribution in [0.25, 0.3) is 0 Å². The number of aliphatic hydroxyl groups excluding tert-OH is 1. The second-order valence-electron chi connectivity index (χ2n) is 6.15. The molecule has 0 bridgehead atoms. The molecule has 0 radical (unpaired) electrons. The summed E-state index contributed by atoms with van der Waals surface area (Å²) in [5.41, 5.74) is 0.489. The van der Waals surface area contributed by atoms with Crippen molar-refractivity contribution < 1.29 is 17.9 Å². The summed E-state index contributed by atoms with van der Waals surface area (Å²) in [5, 5.41) is 10.4. The van der Waals surface area contributed by atoms with E-state index in [4.69, 9.17) is 0 Å². The molecular formula is C17H22FNO3S2. The Morgan fingerprint density at radius 3 is 2.25 bits per heavy atom. The van der Waals surface area contributed by atoms with Crippen LogP contribution in [0.5, 0.6) is 0 Å². The van der Waals surface area contributed by atoms with Crippen LogP contribution in [-0.4, -0.2) is 30.9 Å². The average Bonchev–Trinajstić information content (AvgIpc) is 2.94. The fourth-order valence-electron chi connectivity index (χ4n) is 2.34. The lowest BCUT2D eigenvalue weighted by Crippen LogP contribution is -2.37. The summed E-state index contributed by atoms with van der Waals surface area (Å²) in [6, 6.07) is 8.80. The van der Waals surface area contributed by atoms with E-state index in [1.54, 1.807) is 12.1 Å². The number of nitrogens with zero attached hydrogens (tertiary/aromatic N) is 1. The van der Waals surface area contributed by atoms with Gasteiger partial charge in [0, 0.05) is 18.0 Å². The molecule has 0 saturated carbocycles. The van der Waals surface area contributed by atoms with Gasteiger partial charge in [-0.2, -0.15) is 4.31 Å². The van der Waals surface area contributed by atoms with Crippen LogP contribution in [-0.2, 0) is 10.0 Å². The van der Waals surface area contributed by atoms with E-state index in [0.29, 0.717) is 12.1 Å². The Labute approximate surface area is 146 Å². The Hall–Kier alpha value is -1.28. The third-order valence-electron chi connectivity index (χ3n) is 3.51. The zero-order chi connectivity index (χ0) is 17.9. The van der Waals surface area contributed by atoms with Crippen LogP contribution in [0.15, 0.2) is 40.6 Å². The number of aryl methyl sites for hydroxylation is 1. The minimum absolute atomic E-state index is 0.0664. The molecule has 2 aromatic rings. The van der Waals surface area contributed by atoms with Crippen molar-refractivity contribution in [2.75, 3.05) is 13.1 Å². The quantitative estimate of drug-likeness (QED) is 0.809. The molecule has 1 heterocycles. The lowest BCUT2D eigenvalue weighted by molar-refractivity contribution is 0.143. The molecule has 1 N–H and O–H groups in total. The normalized spacial score (nSPS) is 13.6. The van der Waals surface area contributed by atoms with Crippen LogP contribution in [0.4, 0.5) is 4.39 Å². The summed E-state index contributed by atoms with van der Waals surface area (Å²) >= 11 is 1.21. The Morgan fingerprint density at radius 1 is 1.12 bits per heavy atom. The molecule has 24 heavy (non-hydrogen) atoms. The first-order valence-corrected chi connectivity index (χ1v) is 9.96. The molecule has 0 aliphatic carbocycles. The average molecular weight is 371 g/mol. The van der Waals surface area contributed by atoms with E-state index in [1.165, 1.54) is 39.9 Å². The van der Waals surface area contributed by atoms with E-state index in [1.807, 2.05) is 20.8 Å². The van der Waals surface area contributed by atoms with Gasteiger partial charge in [-0.3, -0.25) is 0 Å². The van der Waals surface area contributed by atoms with Gasteiger partial charge < -0.3 is 5.11 Å². The first kappa shape index (κ1) is 19.1. The summed E-state index contributed by atoms with van der Waals surface area (Å²) in [4.78, 5) is 0.914. The van der Waals surface area contributed by atoms with Crippen molar-refractivity contribution in [1.82, 2.24) is 4.31 Å². The molecule has 4 nitrogen and oxygen atoms in total. The molecule has 7 heteroatoms. The van der Waals surface area contributed by atoms with Gasteiger partial charge in [-0.25, -0.2) is 12.8 Å². The summed E-state index contributed by atoms with van der Waals surface area (Å²) < 4.78 is 40.3. The minimum Gasteiger partial charge on any atom is -0.387 e. The number of hydrogen-bond donors (Lipinski definition) is 1. The first-order chi connectivity index (χ1) is 11.2. The van der Waals surface area contributed by atoms with Crippen LogP contribution >= 0.6 is 11.3 Å². The molecule has 1 atom stereocenters. The maximum atomic E-state index is 13.0. The van der Waals surface area contributed by atoms with Gasteiger partial charge in [0.25, 0.3) is 10.0 Å². The van der Waals surface area contributed by atoms with Crippen molar-refractivity contribution in [1.29, 1.82) is 0 Å². The second kappa shape index (κ2) is 7.74. The van der Waals surface area contributed by atoms with E-state index in [9.17, 15) is 17.9 Å². The van der Waals surface area contributed by atoms with Gasteiger partial charge >= 0.3 is 0 Å². The second-order valence-corrected chi connectivity index (χ2v) is 9.60. The molecule has 0 unspecified atom stereocenters. The molecule has 0 amide bonds. The van der Waals surface area contributed by atoms with Gasteiger partial charge in [0.1, 0.15) is 10.0 Å². The Kier molecular flexibility index (Phi) is 6.14. The highest BCUT2D eigenvalue weighted by Crippen LogP contribution is 2.27. The third-order valence-corrected chi connectivity index (χ3v) is 6.81. The van der Waals surface area contributed by atoms with E-state index in [-0.39, 0.29) is 16.7 Å². The maximum Gasteiger partial charge on any atom is 0.252 e. The van der Waals surface area contributed by atoms with Gasteiger partial charge in [-0.15, -0.1) is 11.3 Å². The predicted octanol–water partition coefficient (Wildman–Crippen LogP) is 3.58. The molecule has 132 valence electrons. The highest BCUT2D eigenvalue weighted by atomic mass is 32.2. The minimum atomic E-state index is -3.67. The van der Waals surface area contributed by atoms with Crippen LogP contribution in [0.3, 0.4) is 0 Å². The van der Waals surface area contributed by atoms with Crippen molar-refractivity contribution >= 4 is 21.4 Å². The zero-order valence-electron chi connectivity index (χ0n) is 13.9. The zero-order valence-corrected chi connectivity index (χ0v) is 15.6. The van der Waals surface area contributed by atoms with Crippen molar-refractivity contribution in [2.24, 2.45) is 5.92 Å². The SMILES string of the molecule is Cc1ccc(S(=O)(=O)N(CC(C)C)C[C@H](O)c2ccc(F)cc2)s1. The van der Waals surface area contributed by atoms with Crippen molar-refractivity contribution in [3.8, 4) is 0 Å². The highest BCUT2D eigenvalue weighted by Gasteiger charge is 2.29. The topological polar surface area (TPSA) is 57.6 Å². The van der Waals surface area contributed by atoms with E-state index in [2.05, 4.69) is 0 Å². The van der Waals surface area contributed by atoms with Crippen LogP contribution in [0, 0.1) is 18.7 Å². The molecule has 1 aromatic heterocycles. The maximum absolute atomic E-state index is 13.0. The largest absolute Gasteiger partial charge is 0.387 e. The van der Waals surface area contributed by atoms with Gasteiger partial charge in [-0.1, -0.05) is 26.0 Å². The number of sulfonamides is 1.